The van der Waals surface area contributed by atoms with Crippen molar-refractivity contribution in [3.8, 4) is 0 Å². The normalized spacial score (nSPS) is 27.7. The van der Waals surface area contributed by atoms with Gasteiger partial charge in [0.1, 0.15) is 73.2 Å². The fourth-order valence-corrected chi connectivity index (χ4v) is 11.5. The van der Waals surface area contributed by atoms with E-state index in [1.807, 2.05) is 6.08 Å². The largest absolute Gasteiger partial charge is 0.394 e. The molecule has 0 aromatic heterocycles. The summed E-state index contributed by atoms with van der Waals surface area (Å²) in [5.74, 6) is -0.287. The van der Waals surface area contributed by atoms with Crippen LogP contribution in [-0.4, -0.2) is 193 Å². The molecule has 3 heterocycles. The highest BCUT2D eigenvalue weighted by atomic mass is 16.8. The number of allylic oxidation sites excluding steroid dienone is 21. The molecule has 0 aromatic rings. The number of carbonyl (C=O) groups excluding carboxylic acids is 1. The zero-order valence-corrected chi connectivity index (χ0v) is 58.7. The van der Waals surface area contributed by atoms with Gasteiger partial charge in [-0.2, -0.15) is 0 Å². The minimum Gasteiger partial charge on any atom is -0.394 e. The number of hydrogen-bond acceptors (Lipinski definition) is 18. The van der Waals surface area contributed by atoms with Crippen molar-refractivity contribution >= 4 is 5.91 Å². The number of aliphatic hydroxyl groups is 11. The maximum absolute atomic E-state index is 13.4. The molecule has 0 spiro atoms. The molecule has 0 saturated carbocycles. The molecule has 554 valence electrons. The van der Waals surface area contributed by atoms with Gasteiger partial charge in [-0.15, -0.1) is 0 Å². The second kappa shape index (κ2) is 57.5. The third-order valence-electron chi connectivity index (χ3n) is 17.5. The van der Waals surface area contributed by atoms with E-state index in [0.717, 1.165) is 122 Å². The summed E-state index contributed by atoms with van der Waals surface area (Å²) in [7, 11) is 0. The van der Waals surface area contributed by atoms with E-state index in [9.17, 15) is 61.0 Å². The predicted molar refractivity (Wildman–Crippen MR) is 383 cm³/mol. The monoisotopic (exact) mass is 1370 g/mol. The average molecular weight is 1370 g/mol. The molecule has 0 aromatic carbocycles. The summed E-state index contributed by atoms with van der Waals surface area (Å²) >= 11 is 0. The number of carbonyl (C=O) groups is 1. The van der Waals surface area contributed by atoms with Crippen LogP contribution in [0.4, 0.5) is 0 Å². The van der Waals surface area contributed by atoms with Crippen molar-refractivity contribution in [2.24, 2.45) is 0 Å². The Labute approximate surface area is 581 Å². The molecular formula is C78H129NO18. The molecule has 3 rings (SSSR count). The molecule has 3 saturated heterocycles. The van der Waals surface area contributed by atoms with Gasteiger partial charge < -0.3 is 89.9 Å². The third-order valence-corrected chi connectivity index (χ3v) is 17.5. The molecule has 17 unspecified atom stereocenters. The first-order valence-corrected chi connectivity index (χ1v) is 36.9. The van der Waals surface area contributed by atoms with Crippen LogP contribution in [0.15, 0.2) is 134 Å². The topological polar surface area (TPSA) is 307 Å². The highest BCUT2D eigenvalue weighted by Gasteiger charge is 2.53. The maximum atomic E-state index is 13.4. The van der Waals surface area contributed by atoms with Gasteiger partial charge in [0, 0.05) is 6.42 Å². The number of ether oxygens (including phenoxy) is 6. The molecule has 17 atom stereocenters. The van der Waals surface area contributed by atoms with Crippen molar-refractivity contribution in [1.82, 2.24) is 5.32 Å². The van der Waals surface area contributed by atoms with Crippen LogP contribution in [0.1, 0.15) is 219 Å². The van der Waals surface area contributed by atoms with E-state index in [0.29, 0.717) is 6.42 Å². The first kappa shape index (κ1) is 87.1. The summed E-state index contributed by atoms with van der Waals surface area (Å²) in [5, 5.41) is 120. The highest BCUT2D eigenvalue weighted by Crippen LogP contribution is 2.33. The number of rotatable bonds is 55. The number of nitrogens with one attached hydrogen (secondary N) is 1. The lowest BCUT2D eigenvalue weighted by molar-refractivity contribution is -0.379. The molecule has 0 radical (unpaired) electrons. The minimum atomic E-state index is -1.98. The lowest BCUT2D eigenvalue weighted by atomic mass is 9.96. The van der Waals surface area contributed by atoms with Crippen molar-refractivity contribution < 1.29 is 89.4 Å². The lowest BCUT2D eigenvalue weighted by Crippen LogP contribution is -2.66. The fraction of sp³-hybridized carbons (Fsp3) is 0.705. The minimum absolute atomic E-state index is 0.230. The Morgan fingerprint density at radius 3 is 1.11 bits per heavy atom. The smallest absolute Gasteiger partial charge is 0.220 e. The van der Waals surface area contributed by atoms with Crippen molar-refractivity contribution in [3.63, 3.8) is 0 Å². The average Bonchev–Trinajstić information content (AvgIpc) is 0.790. The number of aliphatic hydroxyl groups excluding tert-OH is 11. The van der Waals surface area contributed by atoms with Crippen molar-refractivity contribution in [2.45, 2.75) is 324 Å². The van der Waals surface area contributed by atoms with Crippen LogP contribution in [0.3, 0.4) is 0 Å². The van der Waals surface area contributed by atoms with E-state index in [-0.39, 0.29) is 18.9 Å². The number of amides is 1. The quantitative estimate of drug-likeness (QED) is 0.0199. The molecule has 19 heteroatoms. The highest BCUT2D eigenvalue weighted by molar-refractivity contribution is 5.76. The van der Waals surface area contributed by atoms with Gasteiger partial charge in [-0.25, -0.2) is 0 Å². The van der Waals surface area contributed by atoms with Gasteiger partial charge in [-0.05, 0) is 96.3 Å². The molecule has 12 N–H and O–H groups in total. The summed E-state index contributed by atoms with van der Waals surface area (Å²) in [6, 6.07) is -0.983. The second-order valence-electron chi connectivity index (χ2n) is 25.7. The van der Waals surface area contributed by atoms with E-state index in [4.69, 9.17) is 28.4 Å². The van der Waals surface area contributed by atoms with Crippen LogP contribution >= 0.6 is 0 Å². The van der Waals surface area contributed by atoms with Gasteiger partial charge >= 0.3 is 0 Å². The van der Waals surface area contributed by atoms with Crippen molar-refractivity contribution in [2.75, 3.05) is 26.4 Å². The van der Waals surface area contributed by atoms with E-state index in [1.54, 1.807) is 6.08 Å². The van der Waals surface area contributed by atoms with Crippen LogP contribution in [0.5, 0.6) is 0 Å². The predicted octanol–water partition coefficient (Wildman–Crippen LogP) is 10.9. The Hall–Kier alpha value is -4.07. The van der Waals surface area contributed by atoms with Crippen LogP contribution in [0.2, 0.25) is 0 Å². The lowest BCUT2D eigenvalue weighted by Gasteiger charge is -2.48. The Kier molecular flexibility index (Phi) is 51.7. The molecule has 3 aliphatic heterocycles. The number of hydrogen-bond donors (Lipinski definition) is 12. The van der Waals surface area contributed by atoms with Gasteiger partial charge in [-0.1, -0.05) is 250 Å². The third kappa shape index (κ3) is 38.5. The molecule has 3 fully saturated rings. The van der Waals surface area contributed by atoms with Crippen molar-refractivity contribution in [3.05, 3.63) is 134 Å². The molecule has 1 amide bonds. The van der Waals surface area contributed by atoms with E-state index >= 15 is 0 Å². The second-order valence-corrected chi connectivity index (χ2v) is 25.7. The molecule has 3 aliphatic rings. The van der Waals surface area contributed by atoms with Gasteiger partial charge in [0.25, 0.3) is 0 Å². The maximum Gasteiger partial charge on any atom is 0.220 e. The summed E-state index contributed by atoms with van der Waals surface area (Å²) in [4.78, 5) is 13.4. The Morgan fingerprint density at radius 2 is 0.711 bits per heavy atom. The Balaban J connectivity index is 1.31. The zero-order chi connectivity index (χ0) is 70.4. The Bertz CT molecular complexity index is 2280. The van der Waals surface area contributed by atoms with Gasteiger partial charge in [0.15, 0.2) is 18.9 Å². The van der Waals surface area contributed by atoms with E-state index < -0.39 is 124 Å². The Morgan fingerprint density at radius 1 is 0.381 bits per heavy atom. The van der Waals surface area contributed by atoms with Crippen LogP contribution in [-0.2, 0) is 33.2 Å². The summed E-state index contributed by atoms with van der Waals surface area (Å²) in [6.07, 6.45) is 54.5. The van der Waals surface area contributed by atoms with Gasteiger partial charge in [-0.3, -0.25) is 4.79 Å². The van der Waals surface area contributed by atoms with Gasteiger partial charge in [0.2, 0.25) is 5.91 Å². The summed E-state index contributed by atoms with van der Waals surface area (Å²) in [6.45, 7) is 1.57. The summed E-state index contributed by atoms with van der Waals surface area (Å²) in [5.41, 5.74) is 0. The first-order chi connectivity index (χ1) is 47.3. The van der Waals surface area contributed by atoms with E-state index in [2.05, 4.69) is 141 Å². The zero-order valence-electron chi connectivity index (χ0n) is 58.7. The van der Waals surface area contributed by atoms with Gasteiger partial charge in [0.05, 0.1) is 38.6 Å². The van der Waals surface area contributed by atoms with Crippen LogP contribution in [0, 0.1) is 0 Å². The van der Waals surface area contributed by atoms with Crippen LogP contribution in [0.25, 0.3) is 0 Å². The molecule has 97 heavy (non-hydrogen) atoms. The van der Waals surface area contributed by atoms with Crippen LogP contribution < -0.4 is 5.32 Å². The first-order valence-electron chi connectivity index (χ1n) is 36.9. The molecule has 0 aliphatic carbocycles. The molecule has 0 bridgehead atoms. The summed E-state index contributed by atoms with van der Waals surface area (Å²) < 4.78 is 34.3. The standard InChI is InChI=1S/C78H129NO18/c1-3-5-7-9-11-13-15-16-17-18-19-20-21-22-23-24-25-26-27-28-29-30-31-32-33-34-35-36-37-38-39-40-41-42-43-44-46-48-50-52-54-56-66(84)79-61(62(83)55-53-51-49-47-45-14-12-10-8-6-4-2)60-92-76-72(90)69(87)74(64(58-81)94-76)97-78-73(91)70(88)75(65(59-82)95-78)96-77-71(89)68(86)67(85)63(57-80)93-77/h5,7,11,13,16-17,19-20,22-23,25-26,28-29,31-32,34-35,37-38,53,55,61-65,67-78,80-83,85-91H,3-4,6,8-10,12,14-15,18,21,24,27,30,33,36,39-52,54,56-60H2,1-2H3,(H,79,84)/b7-5-,13-11-,17-16-,20-19-,23-22-,26-25-,29-28-,32-31-,35-34-,38-37-,55-53+. The molecular weight excluding hydrogens is 1240 g/mol. The molecule has 19 nitrogen and oxygen atoms in total. The van der Waals surface area contributed by atoms with E-state index in [1.165, 1.54) is 70.6 Å². The SMILES string of the molecule is CC/C=C\C/C=C\C/C=C\C/C=C\C/C=C\C/C=C\C/C=C\C/C=C\C/C=C\C/C=C\CCCCCCCCCCCCC(=O)NC(COC1OC(CO)C(OC2OC(CO)C(OC3OC(CO)C(O)C(O)C3O)C(O)C2O)C(O)C1O)C(O)/C=C/CCCCCCCCCCC. The van der Waals surface area contributed by atoms with Crippen molar-refractivity contribution in [1.29, 1.82) is 0 Å². The fourth-order valence-electron chi connectivity index (χ4n) is 11.5. The number of unbranched alkanes of at least 4 members (excludes halogenated alkanes) is 19.